The van der Waals surface area contributed by atoms with Crippen molar-refractivity contribution in [1.29, 1.82) is 0 Å². The minimum atomic E-state index is 0.464. The molecule has 2 rings (SSSR count). The van der Waals surface area contributed by atoms with Crippen LogP contribution in [-0.2, 0) is 0 Å². The van der Waals surface area contributed by atoms with E-state index in [9.17, 15) is 0 Å². The normalized spacial score (nSPS) is 23.1. The quantitative estimate of drug-likeness (QED) is 0.821. The maximum Gasteiger partial charge on any atom is 0.147 e. The van der Waals surface area contributed by atoms with Crippen LogP contribution in [0.1, 0.15) is 33.1 Å². The lowest BCUT2D eigenvalue weighted by molar-refractivity contribution is 0.378. The predicted molar refractivity (Wildman–Crippen MR) is 66.6 cm³/mol. The van der Waals surface area contributed by atoms with Gasteiger partial charge in [-0.05, 0) is 24.7 Å². The van der Waals surface area contributed by atoms with E-state index >= 15 is 0 Å². The molecule has 0 aromatic carbocycles. The Morgan fingerprint density at radius 2 is 2.06 bits per heavy atom. The summed E-state index contributed by atoms with van der Waals surface area (Å²) in [4.78, 5) is 8.56. The number of hydrogen-bond donors (Lipinski definition) is 2. The molecule has 4 nitrogen and oxygen atoms in total. The Kier molecular flexibility index (Phi) is 2.99. The first kappa shape index (κ1) is 11.2. The third-order valence-corrected chi connectivity index (χ3v) is 3.21. The third kappa shape index (κ3) is 2.62. The Morgan fingerprint density at radius 1 is 1.31 bits per heavy atom. The summed E-state index contributed by atoms with van der Waals surface area (Å²) in [5.74, 6) is 1.68. The predicted octanol–water partition coefficient (Wildman–Crippen LogP) is 2.51. The van der Waals surface area contributed by atoms with Gasteiger partial charge in [-0.2, -0.15) is 0 Å². The lowest BCUT2D eigenvalue weighted by atomic mass is 9.92. The number of anilines is 2. The molecule has 1 aliphatic rings. The molecule has 1 heterocycles. The Bertz CT molecular complexity index is 362. The molecule has 1 atom stereocenters. The zero-order valence-corrected chi connectivity index (χ0v) is 10.2. The van der Waals surface area contributed by atoms with Crippen LogP contribution in [0.15, 0.2) is 12.4 Å². The van der Waals surface area contributed by atoms with Gasteiger partial charge in [0.05, 0.1) is 12.4 Å². The first-order chi connectivity index (χ1) is 7.59. The molecule has 1 unspecified atom stereocenters. The Hall–Kier alpha value is -1.32. The maximum atomic E-state index is 4.42. The molecule has 0 aliphatic heterocycles. The van der Waals surface area contributed by atoms with Crippen molar-refractivity contribution in [3.63, 3.8) is 0 Å². The van der Waals surface area contributed by atoms with E-state index < -0.39 is 0 Å². The molecule has 1 saturated carbocycles. The summed E-state index contributed by atoms with van der Waals surface area (Å²) in [5.41, 5.74) is 0.464. The minimum Gasteiger partial charge on any atom is -0.372 e. The fourth-order valence-electron chi connectivity index (χ4n) is 2.32. The van der Waals surface area contributed by atoms with Gasteiger partial charge in [0, 0.05) is 13.1 Å². The highest BCUT2D eigenvalue weighted by molar-refractivity contribution is 5.41. The van der Waals surface area contributed by atoms with Crippen LogP contribution in [0.2, 0.25) is 0 Å². The summed E-state index contributed by atoms with van der Waals surface area (Å²) in [6.45, 7) is 4.65. The molecular weight excluding hydrogens is 200 g/mol. The lowest BCUT2D eigenvalue weighted by Crippen LogP contribution is -2.18. The zero-order valence-electron chi connectivity index (χ0n) is 10.2. The molecule has 1 fully saturated rings. The summed E-state index contributed by atoms with van der Waals surface area (Å²) >= 11 is 0. The smallest absolute Gasteiger partial charge is 0.147 e. The summed E-state index contributed by atoms with van der Waals surface area (Å²) in [6, 6.07) is 0.538. The number of nitrogens with one attached hydrogen (secondary N) is 2. The number of hydrogen-bond acceptors (Lipinski definition) is 4. The van der Waals surface area contributed by atoms with Gasteiger partial charge >= 0.3 is 0 Å². The molecule has 88 valence electrons. The van der Waals surface area contributed by atoms with Crippen molar-refractivity contribution in [2.75, 3.05) is 17.7 Å². The van der Waals surface area contributed by atoms with E-state index in [1.165, 1.54) is 19.3 Å². The molecule has 0 amide bonds. The second-order valence-corrected chi connectivity index (χ2v) is 5.29. The van der Waals surface area contributed by atoms with Crippen LogP contribution >= 0.6 is 0 Å². The van der Waals surface area contributed by atoms with Crippen molar-refractivity contribution in [2.24, 2.45) is 5.41 Å². The monoisotopic (exact) mass is 220 g/mol. The van der Waals surface area contributed by atoms with Gasteiger partial charge < -0.3 is 10.6 Å². The van der Waals surface area contributed by atoms with Gasteiger partial charge in [0.2, 0.25) is 0 Å². The van der Waals surface area contributed by atoms with E-state index in [1.54, 1.807) is 12.4 Å². The molecular formula is C12H20N4. The second kappa shape index (κ2) is 4.28. The van der Waals surface area contributed by atoms with Crippen molar-refractivity contribution in [2.45, 2.75) is 39.2 Å². The van der Waals surface area contributed by atoms with Gasteiger partial charge in [0.1, 0.15) is 11.6 Å². The van der Waals surface area contributed by atoms with Crippen LogP contribution in [0.5, 0.6) is 0 Å². The lowest BCUT2D eigenvalue weighted by Gasteiger charge is -2.18. The Morgan fingerprint density at radius 3 is 2.69 bits per heavy atom. The number of aromatic nitrogens is 2. The average molecular weight is 220 g/mol. The van der Waals surface area contributed by atoms with E-state index in [-0.39, 0.29) is 0 Å². The number of nitrogens with zero attached hydrogens (tertiary/aromatic N) is 2. The van der Waals surface area contributed by atoms with Gasteiger partial charge in [0.15, 0.2) is 0 Å². The average Bonchev–Trinajstić information content (AvgIpc) is 2.58. The van der Waals surface area contributed by atoms with E-state index in [2.05, 4.69) is 34.4 Å². The minimum absolute atomic E-state index is 0.464. The van der Waals surface area contributed by atoms with Crippen molar-refractivity contribution < 1.29 is 0 Å². The largest absolute Gasteiger partial charge is 0.372 e. The van der Waals surface area contributed by atoms with Crippen LogP contribution in [0.25, 0.3) is 0 Å². The highest BCUT2D eigenvalue weighted by Gasteiger charge is 2.30. The molecule has 0 bridgehead atoms. The fourth-order valence-corrected chi connectivity index (χ4v) is 2.32. The second-order valence-electron chi connectivity index (χ2n) is 5.29. The van der Waals surface area contributed by atoms with Crippen LogP contribution in [0, 0.1) is 5.41 Å². The summed E-state index contributed by atoms with van der Waals surface area (Å²) < 4.78 is 0. The molecule has 0 saturated heterocycles. The summed E-state index contributed by atoms with van der Waals surface area (Å²) in [5, 5.41) is 6.45. The van der Waals surface area contributed by atoms with E-state index in [1.807, 2.05) is 7.05 Å². The molecule has 0 radical (unpaired) electrons. The number of rotatable bonds is 3. The summed E-state index contributed by atoms with van der Waals surface area (Å²) in [6.07, 6.45) is 7.22. The molecule has 1 aromatic rings. The molecule has 2 N–H and O–H groups in total. The summed E-state index contributed by atoms with van der Waals surface area (Å²) in [7, 11) is 1.85. The molecule has 0 spiro atoms. The third-order valence-electron chi connectivity index (χ3n) is 3.21. The van der Waals surface area contributed by atoms with E-state index in [0.717, 1.165) is 11.6 Å². The van der Waals surface area contributed by atoms with Crippen LogP contribution in [0.3, 0.4) is 0 Å². The van der Waals surface area contributed by atoms with Crippen molar-refractivity contribution in [3.8, 4) is 0 Å². The highest BCUT2D eigenvalue weighted by atomic mass is 15.1. The van der Waals surface area contributed by atoms with Gasteiger partial charge in [-0.1, -0.05) is 13.8 Å². The molecule has 16 heavy (non-hydrogen) atoms. The van der Waals surface area contributed by atoms with Gasteiger partial charge in [0.25, 0.3) is 0 Å². The van der Waals surface area contributed by atoms with Crippen molar-refractivity contribution in [3.05, 3.63) is 12.4 Å². The van der Waals surface area contributed by atoms with Crippen molar-refractivity contribution in [1.82, 2.24) is 9.97 Å². The standard InChI is InChI=1S/C12H20N4/c1-12(2)5-4-9(6-12)15-11-8-14-7-10(13-3)16-11/h7-9H,4-6H2,1-3H3,(H2,13,15,16). The van der Waals surface area contributed by atoms with Crippen molar-refractivity contribution >= 4 is 11.6 Å². The van der Waals surface area contributed by atoms with Crippen LogP contribution in [0.4, 0.5) is 11.6 Å². The first-order valence-electron chi connectivity index (χ1n) is 5.85. The highest BCUT2D eigenvalue weighted by Crippen LogP contribution is 2.38. The first-order valence-corrected chi connectivity index (χ1v) is 5.85. The molecule has 1 aromatic heterocycles. The molecule has 1 aliphatic carbocycles. The molecule has 4 heteroatoms. The van der Waals surface area contributed by atoms with E-state index in [4.69, 9.17) is 0 Å². The Balaban J connectivity index is 1.99. The van der Waals surface area contributed by atoms with Crippen LogP contribution < -0.4 is 10.6 Å². The SMILES string of the molecule is CNc1cncc(NC2CCC(C)(C)C2)n1. The zero-order chi connectivity index (χ0) is 11.6. The van der Waals surface area contributed by atoms with E-state index in [0.29, 0.717) is 11.5 Å². The maximum absolute atomic E-state index is 4.42. The van der Waals surface area contributed by atoms with Gasteiger partial charge in [-0.3, -0.25) is 4.98 Å². The topological polar surface area (TPSA) is 49.8 Å². The fraction of sp³-hybridized carbons (Fsp3) is 0.667. The van der Waals surface area contributed by atoms with Gasteiger partial charge in [-0.15, -0.1) is 0 Å². The Labute approximate surface area is 96.9 Å². The van der Waals surface area contributed by atoms with Crippen LogP contribution in [-0.4, -0.2) is 23.1 Å². The van der Waals surface area contributed by atoms with Gasteiger partial charge in [-0.25, -0.2) is 4.98 Å².